The van der Waals surface area contributed by atoms with Gasteiger partial charge in [-0.25, -0.2) is 0 Å². The highest BCUT2D eigenvalue weighted by Gasteiger charge is 2.16. The normalized spacial score (nSPS) is 18.6. The molecule has 1 unspecified atom stereocenters. The van der Waals surface area contributed by atoms with Crippen molar-refractivity contribution in [3.63, 3.8) is 0 Å². The summed E-state index contributed by atoms with van der Waals surface area (Å²) in [6.07, 6.45) is 4.95. The number of piperidine rings is 1. The van der Waals surface area contributed by atoms with Crippen LogP contribution in [0.15, 0.2) is 24.4 Å². The molecule has 0 spiro atoms. The number of β-amino-alcohol motifs (C(OH)–C–C–N with tert-alkyl or cyclic N) is 1. The third-order valence-corrected chi connectivity index (χ3v) is 5.14. The molecule has 1 aromatic carbocycles. The van der Waals surface area contributed by atoms with Crippen molar-refractivity contribution in [3.05, 3.63) is 41.1 Å². The standard InChI is InChI=1S/C20H30N4O/c1-15-6-7-17(11-16(15)2)20-18(13-22-23-20)12-21-8-4-10-24-9-3-5-19(25)14-24/h6-7,11,13,19,21,25H,3-5,8-10,12,14H2,1-2H3,(H,22,23). The van der Waals surface area contributed by atoms with Gasteiger partial charge in [-0.2, -0.15) is 5.10 Å². The maximum Gasteiger partial charge on any atom is 0.0695 e. The summed E-state index contributed by atoms with van der Waals surface area (Å²) < 4.78 is 0. The lowest BCUT2D eigenvalue weighted by Gasteiger charge is -2.29. The van der Waals surface area contributed by atoms with Gasteiger partial charge in [-0.3, -0.25) is 5.10 Å². The van der Waals surface area contributed by atoms with E-state index in [0.717, 1.165) is 57.7 Å². The van der Waals surface area contributed by atoms with Gasteiger partial charge in [0.15, 0.2) is 0 Å². The van der Waals surface area contributed by atoms with E-state index in [4.69, 9.17) is 0 Å². The Morgan fingerprint density at radius 2 is 2.20 bits per heavy atom. The smallest absolute Gasteiger partial charge is 0.0695 e. The molecule has 5 nitrogen and oxygen atoms in total. The van der Waals surface area contributed by atoms with Crippen molar-refractivity contribution in [2.45, 2.75) is 45.8 Å². The van der Waals surface area contributed by atoms with E-state index in [1.807, 2.05) is 6.20 Å². The Morgan fingerprint density at radius 3 is 3.00 bits per heavy atom. The van der Waals surface area contributed by atoms with Crippen molar-refractivity contribution >= 4 is 0 Å². The molecule has 0 amide bonds. The molecule has 1 atom stereocenters. The second-order valence-electron chi connectivity index (χ2n) is 7.20. The second-order valence-corrected chi connectivity index (χ2v) is 7.20. The van der Waals surface area contributed by atoms with Gasteiger partial charge in [-0.15, -0.1) is 0 Å². The molecule has 3 N–H and O–H groups in total. The van der Waals surface area contributed by atoms with E-state index in [0.29, 0.717) is 0 Å². The van der Waals surface area contributed by atoms with Gasteiger partial charge in [0.25, 0.3) is 0 Å². The summed E-state index contributed by atoms with van der Waals surface area (Å²) in [6.45, 7) is 9.08. The van der Waals surface area contributed by atoms with Crippen LogP contribution in [0.5, 0.6) is 0 Å². The zero-order valence-electron chi connectivity index (χ0n) is 15.4. The van der Waals surface area contributed by atoms with Crippen molar-refractivity contribution in [1.29, 1.82) is 0 Å². The Kier molecular flexibility index (Phi) is 6.24. The first kappa shape index (κ1) is 18.1. The summed E-state index contributed by atoms with van der Waals surface area (Å²) in [6, 6.07) is 6.53. The van der Waals surface area contributed by atoms with Crippen LogP contribution in [-0.2, 0) is 6.54 Å². The summed E-state index contributed by atoms with van der Waals surface area (Å²) in [4.78, 5) is 2.37. The van der Waals surface area contributed by atoms with Crippen LogP contribution in [0, 0.1) is 13.8 Å². The van der Waals surface area contributed by atoms with E-state index in [-0.39, 0.29) is 6.10 Å². The minimum absolute atomic E-state index is 0.131. The second kappa shape index (κ2) is 8.61. The van der Waals surface area contributed by atoms with E-state index in [1.165, 1.54) is 22.3 Å². The van der Waals surface area contributed by atoms with Crippen LogP contribution in [0.3, 0.4) is 0 Å². The van der Waals surface area contributed by atoms with Gasteiger partial charge >= 0.3 is 0 Å². The molecule has 0 radical (unpaired) electrons. The number of nitrogens with zero attached hydrogens (tertiary/aromatic N) is 2. The number of benzene rings is 1. The van der Waals surface area contributed by atoms with Crippen molar-refractivity contribution in [1.82, 2.24) is 20.4 Å². The number of nitrogens with one attached hydrogen (secondary N) is 2. The van der Waals surface area contributed by atoms with Crippen molar-refractivity contribution in [3.8, 4) is 11.3 Å². The first-order valence-electron chi connectivity index (χ1n) is 9.34. The molecule has 1 aromatic heterocycles. The minimum atomic E-state index is -0.131. The Morgan fingerprint density at radius 1 is 1.32 bits per heavy atom. The Bertz CT molecular complexity index is 682. The average Bonchev–Trinajstić information content (AvgIpc) is 3.06. The Balaban J connectivity index is 1.46. The van der Waals surface area contributed by atoms with E-state index in [9.17, 15) is 5.11 Å². The van der Waals surface area contributed by atoms with E-state index in [2.05, 4.69) is 52.5 Å². The van der Waals surface area contributed by atoms with Gasteiger partial charge < -0.3 is 15.3 Å². The molecule has 1 fully saturated rings. The lowest BCUT2D eigenvalue weighted by Crippen LogP contribution is -2.39. The van der Waals surface area contributed by atoms with Gasteiger partial charge in [-0.05, 0) is 69.9 Å². The zero-order chi connectivity index (χ0) is 17.6. The fourth-order valence-corrected chi connectivity index (χ4v) is 3.48. The molecule has 136 valence electrons. The largest absolute Gasteiger partial charge is 0.392 e. The third-order valence-electron chi connectivity index (χ3n) is 5.14. The first-order chi connectivity index (χ1) is 12.1. The SMILES string of the molecule is Cc1ccc(-c2[nH]ncc2CNCCCN2CCCC(O)C2)cc1C. The molecule has 1 aliphatic heterocycles. The molecule has 0 aliphatic carbocycles. The number of hydrogen-bond donors (Lipinski definition) is 3. The van der Waals surface area contributed by atoms with Crippen LogP contribution in [0.4, 0.5) is 0 Å². The summed E-state index contributed by atoms with van der Waals surface area (Å²) in [5.41, 5.74) is 6.12. The van der Waals surface area contributed by atoms with Gasteiger partial charge in [-0.1, -0.05) is 12.1 Å². The van der Waals surface area contributed by atoms with Gasteiger partial charge in [0.05, 0.1) is 18.0 Å². The highest BCUT2D eigenvalue weighted by atomic mass is 16.3. The zero-order valence-corrected chi connectivity index (χ0v) is 15.4. The molecular weight excluding hydrogens is 312 g/mol. The highest BCUT2D eigenvalue weighted by molar-refractivity contribution is 5.64. The monoisotopic (exact) mass is 342 g/mol. The fraction of sp³-hybridized carbons (Fsp3) is 0.550. The van der Waals surface area contributed by atoms with Crippen molar-refractivity contribution in [2.75, 3.05) is 26.2 Å². The number of aryl methyl sites for hydroxylation is 2. The number of rotatable bonds is 7. The molecule has 0 bridgehead atoms. The summed E-state index contributed by atoms with van der Waals surface area (Å²) >= 11 is 0. The molecular formula is C20H30N4O. The topological polar surface area (TPSA) is 64.2 Å². The summed E-state index contributed by atoms with van der Waals surface area (Å²) in [5, 5.41) is 20.6. The molecule has 1 saturated heterocycles. The number of H-pyrrole nitrogens is 1. The van der Waals surface area contributed by atoms with Crippen molar-refractivity contribution in [2.24, 2.45) is 0 Å². The Hall–Kier alpha value is -1.69. The Labute approximate surface area is 150 Å². The van der Waals surface area contributed by atoms with E-state index in [1.54, 1.807) is 0 Å². The maximum absolute atomic E-state index is 9.71. The third kappa shape index (κ3) is 4.91. The first-order valence-corrected chi connectivity index (χ1v) is 9.34. The van der Waals surface area contributed by atoms with Crippen molar-refractivity contribution < 1.29 is 5.11 Å². The lowest BCUT2D eigenvalue weighted by atomic mass is 10.0. The van der Waals surface area contributed by atoms with Crippen LogP contribution >= 0.6 is 0 Å². The van der Waals surface area contributed by atoms with Crippen LogP contribution in [0.1, 0.15) is 36.0 Å². The molecule has 2 heterocycles. The lowest BCUT2D eigenvalue weighted by molar-refractivity contribution is 0.0702. The minimum Gasteiger partial charge on any atom is -0.392 e. The van der Waals surface area contributed by atoms with Crippen LogP contribution < -0.4 is 5.32 Å². The molecule has 1 aliphatic rings. The molecule has 0 saturated carbocycles. The number of aromatic amines is 1. The van der Waals surface area contributed by atoms with Crippen LogP contribution in [0.2, 0.25) is 0 Å². The highest BCUT2D eigenvalue weighted by Crippen LogP contribution is 2.23. The van der Waals surface area contributed by atoms with Gasteiger partial charge in [0.2, 0.25) is 0 Å². The summed E-state index contributed by atoms with van der Waals surface area (Å²) in [5.74, 6) is 0. The molecule has 2 aromatic rings. The van der Waals surface area contributed by atoms with Crippen LogP contribution in [-0.4, -0.2) is 52.5 Å². The molecule has 25 heavy (non-hydrogen) atoms. The number of likely N-dealkylation sites (tertiary alicyclic amines) is 1. The predicted molar refractivity (Wildman–Crippen MR) is 102 cm³/mol. The molecule has 5 heteroatoms. The average molecular weight is 342 g/mol. The van der Waals surface area contributed by atoms with E-state index >= 15 is 0 Å². The number of hydrogen-bond acceptors (Lipinski definition) is 4. The van der Waals surface area contributed by atoms with Gasteiger partial charge in [0.1, 0.15) is 0 Å². The van der Waals surface area contributed by atoms with Crippen LogP contribution in [0.25, 0.3) is 11.3 Å². The quantitative estimate of drug-likeness (QED) is 0.677. The number of aromatic nitrogens is 2. The number of aliphatic hydroxyl groups excluding tert-OH is 1. The number of aliphatic hydroxyl groups is 1. The predicted octanol–water partition coefficient (Wildman–Crippen LogP) is 2.63. The molecule has 3 rings (SSSR count). The van der Waals surface area contributed by atoms with E-state index < -0.39 is 0 Å². The van der Waals surface area contributed by atoms with Gasteiger partial charge in [0, 0.05) is 24.2 Å². The maximum atomic E-state index is 9.71. The summed E-state index contributed by atoms with van der Waals surface area (Å²) in [7, 11) is 0. The fourth-order valence-electron chi connectivity index (χ4n) is 3.48.